The lowest BCUT2D eigenvalue weighted by Crippen LogP contribution is -2.61. The molecule has 106 valence electrons. The molecule has 2 fully saturated rings. The van der Waals surface area contributed by atoms with Crippen molar-refractivity contribution in [2.24, 2.45) is 11.8 Å². The van der Waals surface area contributed by atoms with Crippen LogP contribution in [0.3, 0.4) is 0 Å². The van der Waals surface area contributed by atoms with Gasteiger partial charge in [0.2, 0.25) is 0 Å². The Morgan fingerprint density at radius 1 is 1.00 bits per heavy atom. The van der Waals surface area contributed by atoms with Gasteiger partial charge < -0.3 is 8.85 Å². The Bertz CT molecular complexity index is 256. The minimum Gasteiger partial charge on any atom is -0.386 e. The number of hydrogen-bond acceptors (Lipinski definition) is 3. The Hall–Kier alpha value is 0.0969. The SMILES string of the molecule is CCN[Si](OC)(OC)C1CCCC2CCCCC21. The maximum absolute atomic E-state index is 5.92. The molecule has 3 unspecified atom stereocenters. The van der Waals surface area contributed by atoms with Gasteiger partial charge in [0.25, 0.3) is 0 Å². The van der Waals surface area contributed by atoms with E-state index in [9.17, 15) is 0 Å². The van der Waals surface area contributed by atoms with E-state index in [2.05, 4.69) is 11.9 Å². The van der Waals surface area contributed by atoms with Gasteiger partial charge in [0.1, 0.15) is 0 Å². The first-order valence-corrected chi connectivity index (χ1v) is 9.52. The van der Waals surface area contributed by atoms with Crippen LogP contribution in [0.4, 0.5) is 0 Å². The second-order valence-corrected chi connectivity index (χ2v) is 9.10. The zero-order chi connectivity index (χ0) is 13.0. The predicted octanol–water partition coefficient (Wildman–Crippen LogP) is 3.19. The molecule has 3 atom stereocenters. The highest BCUT2D eigenvalue weighted by atomic mass is 28.4. The Balaban J connectivity index is 2.16. The van der Waals surface area contributed by atoms with Crippen LogP contribution in [-0.2, 0) is 8.85 Å². The van der Waals surface area contributed by atoms with Gasteiger partial charge in [-0.15, -0.1) is 0 Å². The van der Waals surface area contributed by atoms with Gasteiger partial charge in [0.15, 0.2) is 0 Å². The van der Waals surface area contributed by atoms with Crippen LogP contribution in [0.2, 0.25) is 5.54 Å². The molecule has 0 spiro atoms. The number of hydrogen-bond donors (Lipinski definition) is 1. The topological polar surface area (TPSA) is 30.5 Å². The summed E-state index contributed by atoms with van der Waals surface area (Å²) in [5, 5.41) is 0. The standard InChI is InChI=1S/C14H29NO2Si/c1-4-15-18(16-2,17-3)14-11-7-9-12-8-5-6-10-13(12)14/h12-15H,4-11H2,1-3H3. The summed E-state index contributed by atoms with van der Waals surface area (Å²) in [6.07, 6.45) is 9.75. The van der Waals surface area contributed by atoms with Gasteiger partial charge in [0, 0.05) is 19.8 Å². The molecule has 0 amide bonds. The lowest BCUT2D eigenvalue weighted by molar-refractivity contribution is 0.122. The van der Waals surface area contributed by atoms with E-state index in [1.807, 2.05) is 14.2 Å². The molecule has 4 heteroatoms. The number of fused-ring (bicyclic) bond motifs is 1. The summed E-state index contributed by atoms with van der Waals surface area (Å²) in [5.74, 6) is 1.78. The molecule has 0 aromatic rings. The van der Waals surface area contributed by atoms with E-state index < -0.39 is 8.72 Å². The second-order valence-electron chi connectivity index (χ2n) is 5.85. The maximum atomic E-state index is 5.92. The maximum Gasteiger partial charge on any atom is 0.428 e. The van der Waals surface area contributed by atoms with Crippen molar-refractivity contribution >= 4 is 8.72 Å². The minimum absolute atomic E-state index is 0.645. The van der Waals surface area contributed by atoms with E-state index in [0.29, 0.717) is 5.54 Å². The molecule has 1 N–H and O–H groups in total. The summed E-state index contributed by atoms with van der Waals surface area (Å²) in [6.45, 7) is 3.10. The molecule has 2 saturated carbocycles. The monoisotopic (exact) mass is 271 g/mol. The fraction of sp³-hybridized carbons (Fsp3) is 1.00. The zero-order valence-corrected chi connectivity index (χ0v) is 13.2. The van der Waals surface area contributed by atoms with Crippen LogP contribution < -0.4 is 4.98 Å². The summed E-state index contributed by atoms with van der Waals surface area (Å²) < 4.78 is 11.8. The van der Waals surface area contributed by atoms with Crippen molar-refractivity contribution < 1.29 is 8.85 Å². The number of nitrogens with one attached hydrogen (secondary N) is 1. The highest BCUT2D eigenvalue weighted by Crippen LogP contribution is 2.50. The van der Waals surface area contributed by atoms with E-state index >= 15 is 0 Å². The van der Waals surface area contributed by atoms with Gasteiger partial charge in [0.05, 0.1) is 0 Å². The fourth-order valence-electron chi connectivity index (χ4n) is 4.32. The van der Waals surface area contributed by atoms with Crippen molar-refractivity contribution in [3.8, 4) is 0 Å². The van der Waals surface area contributed by atoms with Gasteiger partial charge in [-0.05, 0) is 31.2 Å². The van der Waals surface area contributed by atoms with Crippen molar-refractivity contribution in [3.05, 3.63) is 0 Å². The first-order chi connectivity index (χ1) is 8.77. The molecule has 3 nitrogen and oxygen atoms in total. The molecule has 18 heavy (non-hydrogen) atoms. The highest BCUT2D eigenvalue weighted by Gasteiger charge is 2.51. The van der Waals surface area contributed by atoms with E-state index in [0.717, 1.165) is 18.4 Å². The Labute approximate surface area is 113 Å². The molecule has 2 rings (SSSR count). The van der Waals surface area contributed by atoms with Crippen LogP contribution in [0.25, 0.3) is 0 Å². The van der Waals surface area contributed by atoms with Crippen LogP contribution in [0, 0.1) is 11.8 Å². The number of rotatable bonds is 5. The largest absolute Gasteiger partial charge is 0.428 e. The van der Waals surface area contributed by atoms with Crippen LogP contribution in [-0.4, -0.2) is 29.5 Å². The smallest absolute Gasteiger partial charge is 0.386 e. The average Bonchev–Trinajstić information content (AvgIpc) is 2.44. The quantitative estimate of drug-likeness (QED) is 0.779. The van der Waals surface area contributed by atoms with Crippen molar-refractivity contribution in [3.63, 3.8) is 0 Å². The third-order valence-electron chi connectivity index (χ3n) is 5.09. The lowest BCUT2D eigenvalue weighted by Gasteiger charge is -2.47. The summed E-state index contributed by atoms with van der Waals surface area (Å²) in [6, 6.07) is 0. The van der Waals surface area contributed by atoms with Gasteiger partial charge in [-0.1, -0.05) is 39.0 Å². The molecule has 0 aromatic heterocycles. The Kier molecular flexibility index (Phi) is 5.24. The molecular formula is C14H29NO2Si. The molecule has 2 aliphatic rings. The average molecular weight is 271 g/mol. The van der Waals surface area contributed by atoms with Gasteiger partial charge in [-0.3, -0.25) is 4.98 Å². The molecule has 0 bridgehead atoms. The summed E-state index contributed by atoms with van der Waals surface area (Å²) in [7, 11) is 1.48. The van der Waals surface area contributed by atoms with Crippen molar-refractivity contribution in [1.29, 1.82) is 0 Å². The molecule has 0 heterocycles. The Morgan fingerprint density at radius 3 is 2.33 bits per heavy atom. The van der Waals surface area contributed by atoms with E-state index in [1.165, 1.54) is 44.9 Å². The first-order valence-electron chi connectivity index (χ1n) is 7.62. The molecule has 0 aliphatic heterocycles. The third-order valence-corrected chi connectivity index (χ3v) is 8.85. The third kappa shape index (κ3) is 2.67. The van der Waals surface area contributed by atoms with Crippen molar-refractivity contribution in [2.75, 3.05) is 20.8 Å². The van der Waals surface area contributed by atoms with Gasteiger partial charge in [-0.25, -0.2) is 0 Å². The predicted molar refractivity (Wildman–Crippen MR) is 76.5 cm³/mol. The van der Waals surface area contributed by atoms with Crippen molar-refractivity contribution in [1.82, 2.24) is 4.98 Å². The second kappa shape index (κ2) is 6.50. The van der Waals surface area contributed by atoms with Crippen molar-refractivity contribution in [2.45, 2.75) is 57.4 Å². The molecule has 0 saturated heterocycles. The Morgan fingerprint density at radius 2 is 1.67 bits per heavy atom. The van der Waals surface area contributed by atoms with E-state index in [-0.39, 0.29) is 0 Å². The summed E-state index contributed by atoms with van der Waals surface area (Å²) in [4.78, 5) is 3.59. The highest BCUT2D eigenvalue weighted by molar-refractivity contribution is 6.66. The summed E-state index contributed by atoms with van der Waals surface area (Å²) >= 11 is 0. The lowest BCUT2D eigenvalue weighted by atomic mass is 9.70. The fourth-order valence-corrected chi connectivity index (χ4v) is 7.72. The summed E-state index contributed by atoms with van der Waals surface area (Å²) in [5.41, 5.74) is 0.645. The van der Waals surface area contributed by atoms with Gasteiger partial charge in [-0.2, -0.15) is 0 Å². The molecular weight excluding hydrogens is 242 g/mol. The van der Waals surface area contributed by atoms with Crippen LogP contribution in [0.5, 0.6) is 0 Å². The van der Waals surface area contributed by atoms with Crippen LogP contribution >= 0.6 is 0 Å². The molecule has 0 radical (unpaired) electrons. The normalized spacial score (nSPS) is 33.2. The molecule has 2 aliphatic carbocycles. The zero-order valence-electron chi connectivity index (χ0n) is 12.2. The van der Waals surface area contributed by atoms with E-state index in [4.69, 9.17) is 8.85 Å². The van der Waals surface area contributed by atoms with Crippen LogP contribution in [0.1, 0.15) is 51.9 Å². The minimum atomic E-state index is -2.20. The van der Waals surface area contributed by atoms with Gasteiger partial charge >= 0.3 is 8.72 Å². The van der Waals surface area contributed by atoms with Crippen LogP contribution in [0.15, 0.2) is 0 Å². The first kappa shape index (κ1) is 14.5. The van der Waals surface area contributed by atoms with E-state index in [1.54, 1.807) is 0 Å². The molecule has 0 aromatic carbocycles.